The molecule has 0 unspecified atom stereocenters. The summed E-state index contributed by atoms with van der Waals surface area (Å²) in [4.78, 5) is 11.4. The van der Waals surface area contributed by atoms with Crippen LogP contribution in [0, 0.1) is 0 Å². The second-order valence-corrected chi connectivity index (χ2v) is 4.68. The smallest absolute Gasteiger partial charge is 0.488 e. The van der Waals surface area contributed by atoms with Crippen LogP contribution in [0.1, 0.15) is 24.3 Å². The zero-order valence-corrected chi connectivity index (χ0v) is 11.6. The number of benzene rings is 1. The fourth-order valence-electron chi connectivity index (χ4n) is 1.84. The third-order valence-electron chi connectivity index (χ3n) is 2.70. The lowest BCUT2D eigenvalue weighted by Crippen LogP contribution is -2.30. The second kappa shape index (κ2) is 5.94. The Bertz CT molecular complexity index is 656. The molecule has 8 nitrogen and oxygen atoms in total. The summed E-state index contributed by atoms with van der Waals surface area (Å²) < 4.78 is 5.64. The summed E-state index contributed by atoms with van der Waals surface area (Å²) in [5.74, 6) is -0.310. The molecule has 1 aromatic carbocycles. The van der Waals surface area contributed by atoms with E-state index in [-0.39, 0.29) is 23.0 Å². The zero-order chi connectivity index (χ0) is 15.6. The van der Waals surface area contributed by atoms with Crippen LogP contribution in [0.25, 0.3) is 11.3 Å². The Labute approximate surface area is 121 Å². The molecule has 21 heavy (non-hydrogen) atoms. The van der Waals surface area contributed by atoms with E-state index in [2.05, 4.69) is 15.4 Å². The van der Waals surface area contributed by atoms with Gasteiger partial charge < -0.3 is 20.5 Å². The number of rotatable bonds is 5. The second-order valence-electron chi connectivity index (χ2n) is 4.68. The predicted molar refractivity (Wildman–Crippen MR) is 75.9 cm³/mol. The van der Waals surface area contributed by atoms with Gasteiger partial charge in [0.1, 0.15) is 11.4 Å². The van der Waals surface area contributed by atoms with Gasteiger partial charge in [0.2, 0.25) is 0 Å². The van der Waals surface area contributed by atoms with E-state index in [1.54, 1.807) is 6.07 Å². The molecule has 0 fully saturated rings. The van der Waals surface area contributed by atoms with Crippen molar-refractivity contribution >= 4 is 18.5 Å². The van der Waals surface area contributed by atoms with Crippen LogP contribution >= 0.6 is 0 Å². The van der Waals surface area contributed by atoms with Gasteiger partial charge in [-0.2, -0.15) is 15.4 Å². The van der Waals surface area contributed by atoms with Gasteiger partial charge >= 0.3 is 7.12 Å². The third kappa shape index (κ3) is 3.20. The van der Waals surface area contributed by atoms with Gasteiger partial charge in [0, 0.05) is 5.56 Å². The molecule has 1 amide bonds. The quantitative estimate of drug-likeness (QED) is 0.524. The molecular formula is C12H15BN4O4. The number of primary amides is 1. The van der Waals surface area contributed by atoms with Crippen LogP contribution in [0.3, 0.4) is 0 Å². The normalized spacial score (nSPS) is 10.7. The summed E-state index contributed by atoms with van der Waals surface area (Å²) in [5.41, 5.74) is 6.03. The summed E-state index contributed by atoms with van der Waals surface area (Å²) >= 11 is 0. The molecule has 0 aliphatic heterocycles. The minimum absolute atomic E-state index is 0.0480. The largest absolute Gasteiger partial charge is 0.490 e. The van der Waals surface area contributed by atoms with Gasteiger partial charge in [-0.3, -0.25) is 4.79 Å². The summed E-state index contributed by atoms with van der Waals surface area (Å²) in [6, 6.07) is 4.55. The summed E-state index contributed by atoms with van der Waals surface area (Å²) in [5, 5.41) is 28.5. The first kappa shape index (κ1) is 15.0. The van der Waals surface area contributed by atoms with Crippen molar-refractivity contribution < 1.29 is 19.6 Å². The van der Waals surface area contributed by atoms with Gasteiger partial charge in [0.05, 0.1) is 6.10 Å². The Morgan fingerprint density at radius 1 is 1.38 bits per heavy atom. The SMILES string of the molecule is CC(C)Oc1ccc(B(O)O)cc1-c1n[nH]nc1C(N)=O. The molecule has 0 saturated carbocycles. The highest BCUT2D eigenvalue weighted by Crippen LogP contribution is 2.30. The maximum atomic E-state index is 11.4. The molecule has 2 rings (SSSR count). The molecule has 9 heteroatoms. The number of nitrogens with zero attached hydrogens (tertiary/aromatic N) is 2. The Morgan fingerprint density at radius 3 is 2.67 bits per heavy atom. The fraction of sp³-hybridized carbons (Fsp3) is 0.250. The number of aromatic nitrogens is 3. The van der Waals surface area contributed by atoms with Crippen molar-refractivity contribution in [3.05, 3.63) is 23.9 Å². The molecular weight excluding hydrogens is 275 g/mol. The van der Waals surface area contributed by atoms with Gasteiger partial charge in [0.15, 0.2) is 5.69 Å². The molecule has 0 spiro atoms. The lowest BCUT2D eigenvalue weighted by molar-refractivity contribution is 0.0996. The molecule has 1 heterocycles. The maximum absolute atomic E-state index is 11.4. The predicted octanol–water partition coefficient (Wildman–Crippen LogP) is -0.962. The lowest BCUT2D eigenvalue weighted by Gasteiger charge is -2.14. The molecule has 0 bridgehead atoms. The fourth-order valence-corrected chi connectivity index (χ4v) is 1.84. The number of carbonyl (C=O) groups excluding carboxylic acids is 1. The number of carbonyl (C=O) groups is 1. The van der Waals surface area contributed by atoms with Gasteiger partial charge in [-0.25, -0.2) is 0 Å². The van der Waals surface area contributed by atoms with E-state index >= 15 is 0 Å². The highest BCUT2D eigenvalue weighted by atomic mass is 16.5. The molecule has 110 valence electrons. The molecule has 2 aromatic rings. The summed E-state index contributed by atoms with van der Waals surface area (Å²) in [7, 11) is -1.65. The average Bonchev–Trinajstić information content (AvgIpc) is 2.87. The molecule has 0 radical (unpaired) electrons. The lowest BCUT2D eigenvalue weighted by atomic mass is 9.79. The van der Waals surface area contributed by atoms with Crippen molar-refractivity contribution in [2.45, 2.75) is 20.0 Å². The Hall–Kier alpha value is -2.39. The van der Waals surface area contributed by atoms with Gasteiger partial charge in [-0.15, -0.1) is 0 Å². The molecule has 5 N–H and O–H groups in total. The van der Waals surface area contributed by atoms with Crippen molar-refractivity contribution in [2.24, 2.45) is 5.73 Å². The van der Waals surface area contributed by atoms with Gasteiger partial charge in [0.25, 0.3) is 5.91 Å². The van der Waals surface area contributed by atoms with Crippen LogP contribution in [-0.4, -0.2) is 44.6 Å². The number of H-pyrrole nitrogens is 1. The minimum Gasteiger partial charge on any atom is -0.490 e. The number of nitrogens with one attached hydrogen (secondary N) is 1. The number of aromatic amines is 1. The van der Waals surface area contributed by atoms with Crippen molar-refractivity contribution in [3.8, 4) is 17.0 Å². The first-order valence-electron chi connectivity index (χ1n) is 6.27. The number of nitrogens with two attached hydrogens (primary N) is 1. The van der Waals surface area contributed by atoms with Gasteiger partial charge in [-0.05, 0) is 31.4 Å². The van der Waals surface area contributed by atoms with Crippen molar-refractivity contribution in [1.29, 1.82) is 0 Å². The number of ether oxygens (including phenoxy) is 1. The van der Waals surface area contributed by atoms with E-state index < -0.39 is 13.0 Å². The Morgan fingerprint density at radius 2 is 2.10 bits per heavy atom. The Balaban J connectivity index is 2.59. The molecule has 1 aromatic heterocycles. The standard InChI is InChI=1S/C12H15BN4O4/c1-6(2)21-9-4-3-7(13(19)20)5-8(9)10-11(12(14)18)16-17-15-10/h3-6,19-20H,1-2H3,(H2,14,18)(H,15,16,17). The van der Waals surface area contributed by atoms with E-state index in [0.717, 1.165) is 0 Å². The van der Waals surface area contributed by atoms with Crippen LogP contribution in [-0.2, 0) is 0 Å². The topological polar surface area (TPSA) is 134 Å². The maximum Gasteiger partial charge on any atom is 0.488 e. The van der Waals surface area contributed by atoms with E-state index in [9.17, 15) is 14.8 Å². The van der Waals surface area contributed by atoms with E-state index in [0.29, 0.717) is 11.3 Å². The first-order valence-corrected chi connectivity index (χ1v) is 6.27. The zero-order valence-electron chi connectivity index (χ0n) is 11.6. The molecule has 0 saturated heterocycles. The number of hydrogen-bond acceptors (Lipinski definition) is 6. The van der Waals surface area contributed by atoms with Crippen LogP contribution in [0.15, 0.2) is 18.2 Å². The Kier molecular flexibility index (Phi) is 4.25. The van der Waals surface area contributed by atoms with Crippen molar-refractivity contribution in [2.75, 3.05) is 0 Å². The molecule has 0 aliphatic carbocycles. The van der Waals surface area contributed by atoms with E-state index in [1.807, 2.05) is 13.8 Å². The van der Waals surface area contributed by atoms with Crippen molar-refractivity contribution in [3.63, 3.8) is 0 Å². The number of amides is 1. The van der Waals surface area contributed by atoms with Crippen LogP contribution in [0.5, 0.6) is 5.75 Å². The summed E-state index contributed by atoms with van der Waals surface area (Å²) in [6.07, 6.45) is -0.113. The van der Waals surface area contributed by atoms with E-state index in [4.69, 9.17) is 10.5 Å². The van der Waals surface area contributed by atoms with Crippen molar-refractivity contribution in [1.82, 2.24) is 15.4 Å². The van der Waals surface area contributed by atoms with E-state index in [1.165, 1.54) is 12.1 Å². The average molecular weight is 290 g/mol. The van der Waals surface area contributed by atoms with Crippen LogP contribution in [0.4, 0.5) is 0 Å². The summed E-state index contributed by atoms with van der Waals surface area (Å²) in [6.45, 7) is 3.69. The first-order chi connectivity index (χ1) is 9.90. The molecule has 0 atom stereocenters. The molecule has 0 aliphatic rings. The monoisotopic (exact) mass is 290 g/mol. The van der Waals surface area contributed by atoms with Crippen LogP contribution < -0.4 is 15.9 Å². The highest BCUT2D eigenvalue weighted by molar-refractivity contribution is 6.58. The van der Waals surface area contributed by atoms with Crippen LogP contribution in [0.2, 0.25) is 0 Å². The number of hydrogen-bond donors (Lipinski definition) is 4. The minimum atomic E-state index is -1.65. The van der Waals surface area contributed by atoms with Gasteiger partial charge in [-0.1, -0.05) is 6.07 Å². The third-order valence-corrected chi connectivity index (χ3v) is 2.70. The highest BCUT2D eigenvalue weighted by Gasteiger charge is 2.22.